The number of nitrogens with one attached hydrogen (secondary N) is 1. The van der Waals surface area contributed by atoms with Gasteiger partial charge in [-0.15, -0.1) is 6.58 Å². The molecule has 3 nitrogen and oxygen atoms in total. The van der Waals surface area contributed by atoms with Gasteiger partial charge in [0.2, 0.25) is 5.29 Å². The van der Waals surface area contributed by atoms with E-state index in [0.29, 0.717) is 12.0 Å². The van der Waals surface area contributed by atoms with Crippen molar-refractivity contribution in [3.05, 3.63) is 60.7 Å². The third-order valence-electron chi connectivity index (χ3n) is 2.31. The molecule has 1 rings (SSSR count). The first-order chi connectivity index (χ1) is 9.13. The van der Waals surface area contributed by atoms with E-state index in [9.17, 15) is 0 Å². The smallest absolute Gasteiger partial charge is 0.224 e. The molecule has 1 N–H and O–H groups in total. The zero-order valence-corrected chi connectivity index (χ0v) is 11.4. The SMILES string of the molecule is C=CCCC(=C)C(=N)N=C(Cl)N=Cc1ccccc1. The van der Waals surface area contributed by atoms with Crippen LogP contribution in [-0.4, -0.2) is 17.3 Å². The lowest BCUT2D eigenvalue weighted by molar-refractivity contribution is 1.02. The normalized spacial score (nSPS) is 11.5. The Labute approximate surface area is 118 Å². The number of halogens is 1. The minimum Gasteiger partial charge on any atom is -0.283 e. The van der Waals surface area contributed by atoms with E-state index in [-0.39, 0.29) is 11.1 Å². The van der Waals surface area contributed by atoms with Gasteiger partial charge < -0.3 is 0 Å². The maximum Gasteiger partial charge on any atom is 0.224 e. The lowest BCUT2D eigenvalue weighted by atomic mass is 10.1. The average Bonchev–Trinajstić information content (AvgIpc) is 2.43. The Morgan fingerprint density at radius 2 is 2.00 bits per heavy atom. The monoisotopic (exact) mass is 273 g/mol. The van der Waals surface area contributed by atoms with Gasteiger partial charge in [0.15, 0.2) is 5.84 Å². The van der Waals surface area contributed by atoms with Gasteiger partial charge in [-0.25, -0.2) is 4.99 Å². The molecule has 0 heterocycles. The maximum atomic E-state index is 7.71. The fourth-order valence-electron chi connectivity index (χ4n) is 1.26. The van der Waals surface area contributed by atoms with Gasteiger partial charge in [0.25, 0.3) is 0 Å². The molecule has 0 radical (unpaired) electrons. The summed E-state index contributed by atoms with van der Waals surface area (Å²) < 4.78 is 0. The topological polar surface area (TPSA) is 48.6 Å². The fourth-order valence-corrected chi connectivity index (χ4v) is 1.40. The summed E-state index contributed by atoms with van der Waals surface area (Å²) in [4.78, 5) is 7.86. The summed E-state index contributed by atoms with van der Waals surface area (Å²) in [5.74, 6) is 0.0528. The highest BCUT2D eigenvalue weighted by atomic mass is 35.5. The van der Waals surface area contributed by atoms with Crippen LogP contribution in [0.5, 0.6) is 0 Å². The quantitative estimate of drug-likeness (QED) is 0.362. The van der Waals surface area contributed by atoms with Crippen molar-refractivity contribution >= 4 is 28.9 Å². The molecule has 0 atom stereocenters. The zero-order valence-electron chi connectivity index (χ0n) is 10.6. The highest BCUT2D eigenvalue weighted by Gasteiger charge is 2.01. The first kappa shape index (κ1) is 15.1. The standard InChI is InChI=1S/C15H16ClN3/c1-3-4-8-12(2)14(17)19-15(16)18-11-13-9-6-5-7-10-13/h3,5-7,9-11,17H,1-2,4,8H2. The Kier molecular flexibility index (Phi) is 6.47. The molecule has 0 aliphatic carbocycles. The molecule has 98 valence electrons. The van der Waals surface area contributed by atoms with E-state index >= 15 is 0 Å². The fraction of sp³-hybridized carbons (Fsp3) is 0.133. The van der Waals surface area contributed by atoms with E-state index in [1.807, 2.05) is 30.3 Å². The Morgan fingerprint density at radius 3 is 2.63 bits per heavy atom. The van der Waals surface area contributed by atoms with Crippen molar-refractivity contribution in [2.75, 3.05) is 0 Å². The molecule has 0 saturated carbocycles. The van der Waals surface area contributed by atoms with Gasteiger partial charge in [0.1, 0.15) is 0 Å². The predicted octanol–water partition coefficient (Wildman–Crippen LogP) is 4.20. The first-order valence-corrected chi connectivity index (χ1v) is 6.22. The molecule has 4 heteroatoms. The van der Waals surface area contributed by atoms with Crippen LogP contribution in [0.1, 0.15) is 18.4 Å². The predicted molar refractivity (Wildman–Crippen MR) is 83.6 cm³/mol. The minimum absolute atomic E-state index is 0.0219. The van der Waals surface area contributed by atoms with Gasteiger partial charge >= 0.3 is 0 Å². The van der Waals surface area contributed by atoms with Gasteiger partial charge in [-0.1, -0.05) is 43.0 Å². The van der Waals surface area contributed by atoms with Gasteiger partial charge in [-0.2, -0.15) is 4.99 Å². The second-order valence-electron chi connectivity index (χ2n) is 3.83. The second kappa shape index (κ2) is 8.16. The van der Waals surface area contributed by atoms with Crippen LogP contribution >= 0.6 is 11.6 Å². The summed E-state index contributed by atoms with van der Waals surface area (Å²) in [5, 5.41) is 7.73. The van der Waals surface area contributed by atoms with Gasteiger partial charge in [-0.05, 0) is 35.6 Å². The van der Waals surface area contributed by atoms with Crippen LogP contribution < -0.4 is 0 Å². The Balaban J connectivity index is 2.62. The number of hydrogen-bond acceptors (Lipinski definition) is 1. The van der Waals surface area contributed by atoms with Gasteiger partial charge in [0, 0.05) is 6.21 Å². The van der Waals surface area contributed by atoms with Gasteiger partial charge in [0.05, 0.1) is 0 Å². The molecule has 0 fully saturated rings. The van der Waals surface area contributed by atoms with Crippen LogP contribution in [0.25, 0.3) is 0 Å². The molecule has 0 aliphatic rings. The maximum absolute atomic E-state index is 7.71. The molecule has 0 amide bonds. The largest absolute Gasteiger partial charge is 0.283 e. The number of nitrogens with zero attached hydrogens (tertiary/aromatic N) is 2. The number of rotatable bonds is 5. The van der Waals surface area contributed by atoms with E-state index in [2.05, 4.69) is 23.1 Å². The number of allylic oxidation sites excluding steroid dienone is 1. The summed E-state index contributed by atoms with van der Waals surface area (Å²) in [6, 6.07) is 9.55. The summed E-state index contributed by atoms with van der Waals surface area (Å²) in [6.45, 7) is 7.39. The molecular formula is C15H16ClN3. The summed E-state index contributed by atoms with van der Waals surface area (Å²) in [5.41, 5.74) is 1.54. The lowest BCUT2D eigenvalue weighted by Crippen LogP contribution is -1.99. The van der Waals surface area contributed by atoms with Crippen molar-refractivity contribution in [3.63, 3.8) is 0 Å². The van der Waals surface area contributed by atoms with Crippen LogP contribution in [0.4, 0.5) is 0 Å². The molecule has 0 aromatic heterocycles. The Morgan fingerprint density at radius 1 is 1.32 bits per heavy atom. The van der Waals surface area contributed by atoms with Crippen LogP contribution in [-0.2, 0) is 0 Å². The highest BCUT2D eigenvalue weighted by molar-refractivity contribution is 6.66. The molecule has 0 saturated heterocycles. The Bertz CT molecular complexity index is 515. The second-order valence-corrected chi connectivity index (χ2v) is 4.17. The average molecular weight is 274 g/mol. The number of benzene rings is 1. The van der Waals surface area contributed by atoms with Crippen molar-refractivity contribution in [2.24, 2.45) is 9.98 Å². The van der Waals surface area contributed by atoms with Crippen molar-refractivity contribution in [3.8, 4) is 0 Å². The molecule has 1 aromatic rings. The van der Waals surface area contributed by atoms with E-state index in [4.69, 9.17) is 17.0 Å². The molecule has 19 heavy (non-hydrogen) atoms. The molecule has 0 unspecified atom stereocenters. The lowest BCUT2D eigenvalue weighted by Gasteiger charge is -2.00. The van der Waals surface area contributed by atoms with Crippen molar-refractivity contribution in [1.82, 2.24) is 0 Å². The van der Waals surface area contributed by atoms with Gasteiger partial charge in [-0.3, -0.25) is 5.41 Å². The zero-order chi connectivity index (χ0) is 14.1. The third-order valence-corrected chi connectivity index (χ3v) is 2.49. The van der Waals surface area contributed by atoms with Crippen molar-refractivity contribution < 1.29 is 0 Å². The molecule has 0 aliphatic heterocycles. The van der Waals surface area contributed by atoms with Crippen molar-refractivity contribution in [2.45, 2.75) is 12.8 Å². The summed E-state index contributed by atoms with van der Waals surface area (Å²) in [6.07, 6.45) is 4.79. The minimum atomic E-state index is 0.0219. The summed E-state index contributed by atoms with van der Waals surface area (Å²) in [7, 11) is 0. The number of amidine groups is 2. The van der Waals surface area contributed by atoms with Crippen LogP contribution in [0, 0.1) is 5.41 Å². The molecule has 0 bridgehead atoms. The van der Waals surface area contributed by atoms with E-state index in [0.717, 1.165) is 12.0 Å². The molecular weight excluding hydrogens is 258 g/mol. The first-order valence-electron chi connectivity index (χ1n) is 5.84. The van der Waals surface area contributed by atoms with E-state index < -0.39 is 0 Å². The van der Waals surface area contributed by atoms with E-state index in [1.165, 1.54) is 0 Å². The third kappa shape index (κ3) is 5.93. The van der Waals surface area contributed by atoms with Crippen LogP contribution in [0.3, 0.4) is 0 Å². The van der Waals surface area contributed by atoms with E-state index in [1.54, 1.807) is 12.3 Å². The van der Waals surface area contributed by atoms with Crippen molar-refractivity contribution in [1.29, 1.82) is 5.41 Å². The Hall–Kier alpha value is -2.00. The summed E-state index contributed by atoms with van der Waals surface area (Å²) >= 11 is 5.85. The number of hydrogen-bond donors (Lipinski definition) is 1. The van der Waals surface area contributed by atoms with Crippen LogP contribution in [0.2, 0.25) is 0 Å². The van der Waals surface area contributed by atoms with Crippen LogP contribution in [0.15, 0.2) is 65.1 Å². The molecule has 1 aromatic carbocycles. The number of aliphatic imine (C=N–C) groups is 2. The molecule has 0 spiro atoms. The highest BCUT2D eigenvalue weighted by Crippen LogP contribution is 2.06.